The maximum Gasteiger partial charge on any atom is 0.353 e. The number of carbonyl (C=O) groups is 1. The van der Waals surface area contributed by atoms with Gasteiger partial charge in [-0.25, -0.2) is 23.3 Å². The Morgan fingerprint density at radius 1 is 1.31 bits per heavy atom. The molecule has 2 heterocycles. The zero-order chi connectivity index (χ0) is 21.7. The Morgan fingerprint density at radius 2 is 1.90 bits per heavy atom. The number of esters is 1. The molecule has 1 unspecified atom stereocenters. The normalized spacial score (nSPS) is 18.3. The van der Waals surface area contributed by atoms with E-state index < -0.39 is 28.8 Å². The van der Waals surface area contributed by atoms with Crippen LogP contribution in [-0.2, 0) is 28.5 Å². The lowest BCUT2D eigenvalue weighted by molar-refractivity contribution is -0.164. The number of hydrogen-bond acceptors (Lipinski definition) is 7. The van der Waals surface area contributed by atoms with Gasteiger partial charge in [0.2, 0.25) is 5.60 Å². The van der Waals surface area contributed by atoms with Crippen molar-refractivity contribution >= 4 is 35.5 Å². The van der Waals surface area contributed by atoms with Gasteiger partial charge in [-0.2, -0.15) is 0 Å². The lowest BCUT2D eigenvalue weighted by Gasteiger charge is -2.17. The largest absolute Gasteiger partial charge is 0.466 e. The Bertz CT molecular complexity index is 1210. The fourth-order valence-electron chi connectivity index (χ4n) is 2.92. The van der Waals surface area contributed by atoms with Crippen molar-refractivity contribution in [2.45, 2.75) is 18.9 Å². The third kappa shape index (κ3) is 3.29. The summed E-state index contributed by atoms with van der Waals surface area (Å²) in [6.07, 6.45) is -0.00372. The van der Waals surface area contributed by atoms with Gasteiger partial charge >= 0.3 is 17.3 Å². The average molecular weight is 443 g/mol. The molecule has 1 aromatic heterocycles. The van der Waals surface area contributed by atoms with Gasteiger partial charge < -0.3 is 9.57 Å². The summed E-state index contributed by atoms with van der Waals surface area (Å²) in [6, 6.07) is 2.16. The molecule has 9 nitrogen and oxygen atoms in total. The first-order valence-electron chi connectivity index (χ1n) is 8.24. The van der Waals surface area contributed by atoms with E-state index in [0.717, 1.165) is 15.2 Å². The van der Waals surface area contributed by atoms with Crippen LogP contribution in [0.4, 0.5) is 4.39 Å². The Hall–Kier alpha value is -2.79. The minimum Gasteiger partial charge on any atom is -0.466 e. The molecule has 0 N–H and O–H groups in total. The summed E-state index contributed by atoms with van der Waals surface area (Å²) in [5.41, 5.74) is -2.92. The van der Waals surface area contributed by atoms with Crippen molar-refractivity contribution in [1.82, 2.24) is 13.7 Å². The summed E-state index contributed by atoms with van der Waals surface area (Å²) >= 11 is 11.2. The van der Waals surface area contributed by atoms with Crippen LogP contribution in [0.3, 0.4) is 0 Å². The molecule has 1 aromatic carbocycles. The van der Waals surface area contributed by atoms with Gasteiger partial charge in [0.05, 0.1) is 23.5 Å². The van der Waals surface area contributed by atoms with E-state index in [1.54, 1.807) is 0 Å². The zero-order valence-corrected chi connectivity index (χ0v) is 17.4. The summed E-state index contributed by atoms with van der Waals surface area (Å²) in [5, 5.41) is 3.83. The van der Waals surface area contributed by atoms with E-state index in [1.165, 1.54) is 34.2 Å². The number of carbonyl (C=O) groups excluding carboxylic acids is 1. The first kappa shape index (κ1) is 20.9. The molecule has 12 heteroatoms. The second-order valence-electron chi connectivity index (χ2n) is 6.61. The molecule has 154 valence electrons. The summed E-state index contributed by atoms with van der Waals surface area (Å²) < 4.78 is 22.1. The number of nitrogens with zero attached hydrogens (tertiary/aromatic N) is 4. The molecule has 0 bridgehead atoms. The summed E-state index contributed by atoms with van der Waals surface area (Å²) in [7, 11) is 3.95. The highest BCUT2D eigenvalue weighted by molar-refractivity contribution is 7.71. The molecule has 1 aliphatic rings. The molecule has 3 rings (SSSR count). The summed E-state index contributed by atoms with van der Waals surface area (Å²) in [5.74, 6) is -1.54. The number of rotatable bonds is 3. The fourth-order valence-corrected chi connectivity index (χ4v) is 3.33. The van der Waals surface area contributed by atoms with Crippen molar-refractivity contribution in [2.75, 3.05) is 7.11 Å². The van der Waals surface area contributed by atoms with Crippen LogP contribution in [0.15, 0.2) is 26.9 Å². The number of methoxy groups -OCH3 is 1. The van der Waals surface area contributed by atoms with Crippen LogP contribution in [0.1, 0.15) is 18.9 Å². The minimum atomic E-state index is -1.37. The molecule has 0 saturated heterocycles. The topological polar surface area (TPSA) is 96.8 Å². The van der Waals surface area contributed by atoms with Crippen LogP contribution in [-0.4, -0.2) is 38.1 Å². The highest BCUT2D eigenvalue weighted by atomic mass is 35.5. The van der Waals surface area contributed by atoms with E-state index in [2.05, 4.69) is 5.16 Å². The number of ether oxygens (including phenoxy) is 1. The smallest absolute Gasteiger partial charge is 0.353 e. The Labute approximate surface area is 173 Å². The molecule has 2 aromatic rings. The van der Waals surface area contributed by atoms with Crippen molar-refractivity contribution in [3.05, 3.63) is 54.3 Å². The molecule has 0 fully saturated rings. The van der Waals surface area contributed by atoms with E-state index >= 15 is 0 Å². The van der Waals surface area contributed by atoms with E-state index in [1.807, 2.05) is 0 Å². The monoisotopic (exact) mass is 442 g/mol. The van der Waals surface area contributed by atoms with Crippen LogP contribution in [0, 0.1) is 10.6 Å². The Balaban J connectivity index is 2.20. The first-order valence-corrected chi connectivity index (χ1v) is 9.02. The van der Waals surface area contributed by atoms with Gasteiger partial charge in [-0.1, -0.05) is 16.8 Å². The van der Waals surface area contributed by atoms with Crippen molar-refractivity contribution in [3.8, 4) is 5.69 Å². The van der Waals surface area contributed by atoms with Gasteiger partial charge in [-0.15, -0.1) is 0 Å². The molecular formula is C17H16ClFN4O5S. The molecule has 1 aliphatic heterocycles. The summed E-state index contributed by atoms with van der Waals surface area (Å²) in [6.45, 7) is 1.48. The van der Waals surface area contributed by atoms with Crippen molar-refractivity contribution < 1.29 is 18.8 Å². The van der Waals surface area contributed by atoms with E-state index in [4.69, 9.17) is 33.4 Å². The van der Waals surface area contributed by atoms with E-state index in [-0.39, 0.29) is 33.2 Å². The van der Waals surface area contributed by atoms with Gasteiger partial charge in [-0.05, 0) is 31.3 Å². The van der Waals surface area contributed by atoms with Crippen LogP contribution in [0.2, 0.25) is 5.02 Å². The quantitative estimate of drug-likeness (QED) is 0.527. The fraction of sp³-hybridized carbons (Fsp3) is 0.353. The molecular weight excluding hydrogens is 427 g/mol. The van der Waals surface area contributed by atoms with E-state index in [0.29, 0.717) is 4.57 Å². The second kappa shape index (κ2) is 7.23. The number of hydrogen-bond donors (Lipinski definition) is 0. The van der Waals surface area contributed by atoms with Crippen LogP contribution < -0.4 is 11.4 Å². The predicted molar refractivity (Wildman–Crippen MR) is 105 cm³/mol. The van der Waals surface area contributed by atoms with Gasteiger partial charge in [0, 0.05) is 26.1 Å². The Morgan fingerprint density at radius 3 is 2.45 bits per heavy atom. The third-order valence-corrected chi connectivity index (χ3v) is 5.46. The van der Waals surface area contributed by atoms with E-state index in [9.17, 15) is 18.8 Å². The van der Waals surface area contributed by atoms with Crippen LogP contribution in [0.5, 0.6) is 0 Å². The van der Waals surface area contributed by atoms with Crippen molar-refractivity contribution in [1.29, 1.82) is 0 Å². The predicted octanol–water partition coefficient (Wildman–Crippen LogP) is 1.45. The first-order chi connectivity index (χ1) is 13.5. The molecule has 0 spiro atoms. The Kier molecular flexibility index (Phi) is 5.22. The number of aromatic nitrogens is 3. The maximum absolute atomic E-state index is 14.7. The van der Waals surface area contributed by atoms with Gasteiger partial charge in [0.25, 0.3) is 0 Å². The average Bonchev–Trinajstić information content (AvgIpc) is 3.09. The van der Waals surface area contributed by atoms with Crippen molar-refractivity contribution in [2.24, 2.45) is 19.3 Å². The van der Waals surface area contributed by atoms with Gasteiger partial charge in [0.15, 0.2) is 4.77 Å². The lowest BCUT2D eigenvalue weighted by Crippen LogP contribution is -2.44. The van der Waals surface area contributed by atoms with Crippen LogP contribution in [0.25, 0.3) is 5.69 Å². The van der Waals surface area contributed by atoms with Gasteiger partial charge in [0.1, 0.15) is 5.82 Å². The maximum atomic E-state index is 14.7. The molecule has 0 amide bonds. The SMILES string of the molecule is COC(=O)C1(C)CC(c2cc(-n3c(=O)n(C)c(=S)n(C)c3=O)c(F)cc2Cl)=NO1. The molecule has 0 saturated carbocycles. The van der Waals surface area contributed by atoms with Crippen molar-refractivity contribution in [3.63, 3.8) is 0 Å². The molecule has 0 aliphatic carbocycles. The standard InChI is InChI=1S/C17H16ClFN4O5S/c1-17(13(24)27-4)7-11(20-28-17)8-5-12(10(19)6-9(8)18)23-14(25)21(2)16(29)22(3)15(23)26/h5-6H,7H2,1-4H3. The van der Waals surface area contributed by atoms with Gasteiger partial charge in [-0.3, -0.25) is 9.13 Å². The minimum absolute atomic E-state index is 0.00372. The molecule has 29 heavy (non-hydrogen) atoms. The second-order valence-corrected chi connectivity index (χ2v) is 7.39. The zero-order valence-electron chi connectivity index (χ0n) is 15.9. The number of benzene rings is 1. The number of oxime groups is 1. The van der Waals surface area contributed by atoms with Crippen LogP contribution >= 0.6 is 23.8 Å². The third-order valence-electron chi connectivity index (χ3n) is 4.60. The summed E-state index contributed by atoms with van der Waals surface area (Å²) in [4.78, 5) is 42.3. The number of halogens is 2. The molecule has 0 radical (unpaired) electrons. The molecule has 1 atom stereocenters. The highest BCUT2D eigenvalue weighted by Gasteiger charge is 2.44. The lowest BCUT2D eigenvalue weighted by atomic mass is 9.95. The highest BCUT2D eigenvalue weighted by Crippen LogP contribution is 2.32.